The maximum Gasteiger partial charge on any atom is 0.255 e. The van der Waals surface area contributed by atoms with Crippen molar-refractivity contribution in [2.24, 2.45) is 5.92 Å². The average Bonchev–Trinajstić information content (AvgIpc) is 2.64. The number of nitrogens with one attached hydrogen (secondary N) is 1. The van der Waals surface area contributed by atoms with Crippen molar-refractivity contribution in [1.82, 2.24) is 4.90 Å². The predicted octanol–water partition coefficient (Wildman–Crippen LogP) is 4.76. The van der Waals surface area contributed by atoms with Crippen LogP contribution in [0.25, 0.3) is 0 Å². The maximum atomic E-state index is 13.7. The van der Waals surface area contributed by atoms with Gasteiger partial charge in [0.1, 0.15) is 17.3 Å². The molecule has 0 unspecified atom stereocenters. The fourth-order valence-electron chi connectivity index (χ4n) is 3.02. The van der Waals surface area contributed by atoms with E-state index in [4.69, 9.17) is 23.2 Å². The number of carbonyl (C=O) groups is 2. The van der Waals surface area contributed by atoms with Crippen LogP contribution in [-0.2, 0) is 4.79 Å². The highest BCUT2D eigenvalue weighted by Gasteiger charge is 2.29. The van der Waals surface area contributed by atoms with Gasteiger partial charge in [0, 0.05) is 24.0 Å². The molecule has 2 amide bonds. The molecule has 0 radical (unpaired) electrons. The third-order valence-corrected chi connectivity index (χ3v) is 5.07. The van der Waals surface area contributed by atoms with Gasteiger partial charge >= 0.3 is 0 Å². The molecule has 2 aromatic carbocycles. The number of hydrogen-bond acceptors (Lipinski definition) is 2. The first-order chi connectivity index (χ1) is 12.9. The van der Waals surface area contributed by atoms with Gasteiger partial charge in [0.25, 0.3) is 5.91 Å². The van der Waals surface area contributed by atoms with Crippen LogP contribution in [0.5, 0.6) is 0 Å². The Balaban J connectivity index is 1.61. The van der Waals surface area contributed by atoms with Crippen LogP contribution in [0.2, 0.25) is 10.0 Å². The minimum absolute atomic E-state index is 0.240. The number of benzene rings is 2. The van der Waals surface area contributed by atoms with E-state index in [1.165, 1.54) is 12.1 Å². The summed E-state index contributed by atoms with van der Waals surface area (Å²) in [5.41, 5.74) is -0.105. The van der Waals surface area contributed by atoms with E-state index >= 15 is 0 Å². The molecular formula is C19H16Cl2F2N2O2. The number of hydrogen-bond donors (Lipinski definition) is 1. The summed E-state index contributed by atoms with van der Waals surface area (Å²) in [6.45, 7) is 0.686. The molecule has 0 atom stereocenters. The van der Waals surface area contributed by atoms with Gasteiger partial charge in [0.15, 0.2) is 0 Å². The monoisotopic (exact) mass is 412 g/mol. The first-order valence-corrected chi connectivity index (χ1v) is 9.11. The summed E-state index contributed by atoms with van der Waals surface area (Å²) in [5, 5.41) is 3.01. The Hall–Kier alpha value is -2.18. The summed E-state index contributed by atoms with van der Waals surface area (Å²) >= 11 is 11.9. The van der Waals surface area contributed by atoms with E-state index in [1.807, 2.05) is 0 Å². The second-order valence-corrected chi connectivity index (χ2v) is 7.12. The third kappa shape index (κ3) is 4.39. The summed E-state index contributed by atoms with van der Waals surface area (Å²) in [6, 6.07) is 8.04. The van der Waals surface area contributed by atoms with Gasteiger partial charge in [0.05, 0.1) is 10.6 Å². The number of nitrogens with zero attached hydrogens (tertiary/aromatic N) is 1. The number of rotatable bonds is 3. The zero-order valence-electron chi connectivity index (χ0n) is 14.1. The van der Waals surface area contributed by atoms with Crippen LogP contribution in [-0.4, -0.2) is 29.8 Å². The van der Waals surface area contributed by atoms with Gasteiger partial charge in [-0.15, -0.1) is 0 Å². The fourth-order valence-corrected chi connectivity index (χ4v) is 3.51. The number of para-hydroxylation sites is 1. The van der Waals surface area contributed by atoms with E-state index in [2.05, 4.69) is 5.32 Å². The highest BCUT2D eigenvalue weighted by Crippen LogP contribution is 2.26. The second kappa shape index (κ2) is 8.23. The summed E-state index contributed by atoms with van der Waals surface area (Å²) in [6.07, 6.45) is 0.776. The van der Waals surface area contributed by atoms with E-state index in [-0.39, 0.29) is 10.9 Å². The van der Waals surface area contributed by atoms with E-state index in [0.717, 1.165) is 12.1 Å². The number of likely N-dealkylation sites (tertiary alicyclic amines) is 1. The maximum absolute atomic E-state index is 13.7. The molecule has 1 N–H and O–H groups in total. The number of amides is 2. The Morgan fingerprint density at radius 1 is 1.04 bits per heavy atom. The standard InChI is InChI=1S/C19H16Cl2F2N2O2/c20-12-4-5-13(14(21)10-12)19(27)25-8-6-11(7-9-25)18(26)24-17-15(22)2-1-3-16(17)23/h1-5,10-11H,6-9H2,(H,24,26). The molecule has 8 heteroatoms. The lowest BCUT2D eigenvalue weighted by atomic mass is 9.95. The van der Waals surface area contributed by atoms with Crippen molar-refractivity contribution in [2.45, 2.75) is 12.8 Å². The molecule has 0 bridgehead atoms. The van der Waals surface area contributed by atoms with Crippen molar-refractivity contribution < 1.29 is 18.4 Å². The first-order valence-electron chi connectivity index (χ1n) is 8.36. The molecule has 2 aromatic rings. The van der Waals surface area contributed by atoms with Crippen LogP contribution in [0.3, 0.4) is 0 Å². The molecule has 0 aliphatic carbocycles. The highest BCUT2D eigenvalue weighted by molar-refractivity contribution is 6.36. The summed E-state index contributed by atoms with van der Waals surface area (Å²) in [7, 11) is 0. The fraction of sp³-hybridized carbons (Fsp3) is 0.263. The lowest BCUT2D eigenvalue weighted by Gasteiger charge is -2.31. The normalized spacial score (nSPS) is 14.9. The molecular weight excluding hydrogens is 397 g/mol. The minimum Gasteiger partial charge on any atom is -0.339 e. The zero-order valence-corrected chi connectivity index (χ0v) is 15.7. The van der Waals surface area contributed by atoms with Crippen LogP contribution in [0.15, 0.2) is 36.4 Å². The highest BCUT2D eigenvalue weighted by atomic mass is 35.5. The lowest BCUT2D eigenvalue weighted by molar-refractivity contribution is -0.121. The molecule has 4 nitrogen and oxygen atoms in total. The summed E-state index contributed by atoms with van der Waals surface area (Å²) < 4.78 is 27.3. The number of anilines is 1. The van der Waals surface area contributed by atoms with Gasteiger partial charge in [-0.1, -0.05) is 29.3 Å². The molecule has 27 heavy (non-hydrogen) atoms. The van der Waals surface area contributed by atoms with Gasteiger partial charge in [0.2, 0.25) is 5.91 Å². The lowest BCUT2D eigenvalue weighted by Crippen LogP contribution is -2.41. The van der Waals surface area contributed by atoms with E-state index in [1.54, 1.807) is 17.0 Å². The van der Waals surface area contributed by atoms with Gasteiger partial charge in [-0.3, -0.25) is 9.59 Å². The summed E-state index contributed by atoms with van der Waals surface area (Å²) in [4.78, 5) is 26.5. The molecule has 1 heterocycles. The molecule has 1 aliphatic rings. The van der Waals surface area contributed by atoms with Crippen LogP contribution in [0, 0.1) is 17.6 Å². The Kier molecular flexibility index (Phi) is 5.97. The molecule has 0 spiro atoms. The zero-order chi connectivity index (χ0) is 19.6. The molecule has 1 aliphatic heterocycles. The number of halogens is 4. The van der Waals surface area contributed by atoms with Crippen molar-refractivity contribution in [1.29, 1.82) is 0 Å². The molecule has 1 saturated heterocycles. The van der Waals surface area contributed by atoms with Crippen LogP contribution >= 0.6 is 23.2 Å². The molecule has 0 saturated carbocycles. The number of piperidine rings is 1. The van der Waals surface area contributed by atoms with Crippen molar-refractivity contribution >= 4 is 40.7 Å². The van der Waals surface area contributed by atoms with E-state index in [9.17, 15) is 18.4 Å². The van der Waals surface area contributed by atoms with Gasteiger partial charge in [-0.25, -0.2) is 8.78 Å². The third-order valence-electron chi connectivity index (χ3n) is 4.53. The van der Waals surface area contributed by atoms with Crippen LogP contribution in [0.1, 0.15) is 23.2 Å². The predicted molar refractivity (Wildman–Crippen MR) is 100 cm³/mol. The van der Waals surface area contributed by atoms with Crippen molar-refractivity contribution in [3.63, 3.8) is 0 Å². The molecule has 3 rings (SSSR count). The smallest absolute Gasteiger partial charge is 0.255 e. The Morgan fingerprint density at radius 3 is 2.26 bits per heavy atom. The molecule has 0 aromatic heterocycles. The average molecular weight is 413 g/mol. The molecule has 1 fully saturated rings. The van der Waals surface area contributed by atoms with E-state index < -0.39 is 29.1 Å². The van der Waals surface area contributed by atoms with Gasteiger partial charge in [-0.2, -0.15) is 0 Å². The van der Waals surface area contributed by atoms with E-state index in [0.29, 0.717) is 36.5 Å². The first kappa shape index (κ1) is 19.6. The molecule has 142 valence electrons. The van der Waals surface area contributed by atoms with Gasteiger partial charge in [-0.05, 0) is 43.2 Å². The quantitative estimate of drug-likeness (QED) is 0.789. The van der Waals surface area contributed by atoms with Crippen LogP contribution < -0.4 is 5.32 Å². The Bertz CT molecular complexity index is 864. The Morgan fingerprint density at radius 2 is 1.67 bits per heavy atom. The largest absolute Gasteiger partial charge is 0.339 e. The topological polar surface area (TPSA) is 49.4 Å². The van der Waals surface area contributed by atoms with Crippen LogP contribution in [0.4, 0.5) is 14.5 Å². The SMILES string of the molecule is O=C(Nc1c(F)cccc1F)C1CCN(C(=O)c2ccc(Cl)cc2Cl)CC1. The minimum atomic E-state index is -0.826. The van der Waals surface area contributed by atoms with Crippen molar-refractivity contribution in [3.05, 3.63) is 63.6 Å². The summed E-state index contributed by atoms with van der Waals surface area (Å²) in [5.74, 6) is -2.79. The second-order valence-electron chi connectivity index (χ2n) is 6.28. The Labute approximate surface area is 165 Å². The van der Waals surface area contributed by atoms with Crippen molar-refractivity contribution in [3.8, 4) is 0 Å². The van der Waals surface area contributed by atoms with Crippen molar-refractivity contribution in [2.75, 3.05) is 18.4 Å². The van der Waals surface area contributed by atoms with Gasteiger partial charge < -0.3 is 10.2 Å². The number of carbonyl (C=O) groups excluding carboxylic acids is 2.